The first-order valence-electron chi connectivity index (χ1n) is 7.91. The second-order valence-corrected chi connectivity index (χ2v) is 6.75. The summed E-state index contributed by atoms with van der Waals surface area (Å²) in [7, 11) is 0. The standard InChI is InChI=1S/C19H19NO3S/c21-18(20-11-12-23-19(20)22)13-17(16-9-5-2-6-10-16)24-14-15-7-3-1-4-8-15/h1-10,17H,11-14H2/t17-/m0/s1. The van der Waals surface area contributed by atoms with E-state index in [0.717, 1.165) is 11.3 Å². The highest BCUT2D eigenvalue weighted by molar-refractivity contribution is 7.98. The molecule has 5 heteroatoms. The summed E-state index contributed by atoms with van der Waals surface area (Å²) in [6, 6.07) is 20.1. The molecule has 0 radical (unpaired) electrons. The number of cyclic esters (lactones) is 1. The van der Waals surface area contributed by atoms with Crippen LogP contribution in [0.4, 0.5) is 4.79 Å². The summed E-state index contributed by atoms with van der Waals surface area (Å²) in [4.78, 5) is 25.3. The lowest BCUT2D eigenvalue weighted by atomic mass is 10.1. The van der Waals surface area contributed by atoms with Crippen LogP contribution in [-0.4, -0.2) is 30.1 Å². The van der Waals surface area contributed by atoms with Gasteiger partial charge in [-0.2, -0.15) is 0 Å². The quantitative estimate of drug-likeness (QED) is 0.796. The fourth-order valence-corrected chi connectivity index (χ4v) is 3.80. The lowest BCUT2D eigenvalue weighted by Crippen LogP contribution is -2.32. The molecule has 124 valence electrons. The minimum absolute atomic E-state index is 0.00676. The maximum Gasteiger partial charge on any atom is 0.416 e. The Hall–Kier alpha value is -2.27. The zero-order valence-electron chi connectivity index (χ0n) is 13.3. The van der Waals surface area contributed by atoms with Gasteiger partial charge in [0, 0.05) is 17.4 Å². The molecule has 3 rings (SSSR count). The third kappa shape index (κ3) is 4.17. The number of ether oxygens (including phenoxy) is 1. The molecule has 0 spiro atoms. The average Bonchev–Trinajstić information content (AvgIpc) is 3.06. The highest BCUT2D eigenvalue weighted by Gasteiger charge is 2.30. The molecule has 0 aliphatic carbocycles. The zero-order chi connectivity index (χ0) is 16.8. The van der Waals surface area contributed by atoms with Crippen LogP contribution in [0.15, 0.2) is 60.7 Å². The van der Waals surface area contributed by atoms with Gasteiger partial charge in [0.25, 0.3) is 0 Å². The number of rotatable bonds is 6. The number of amides is 2. The van der Waals surface area contributed by atoms with Gasteiger partial charge in [-0.05, 0) is 11.1 Å². The number of imide groups is 1. The second-order valence-electron chi connectivity index (χ2n) is 5.56. The summed E-state index contributed by atoms with van der Waals surface area (Å²) in [6.07, 6.45) is -0.240. The van der Waals surface area contributed by atoms with Crippen LogP contribution in [0.5, 0.6) is 0 Å². The summed E-state index contributed by atoms with van der Waals surface area (Å²) in [5.41, 5.74) is 2.32. The Balaban J connectivity index is 1.70. The van der Waals surface area contributed by atoms with Crippen LogP contribution in [0.1, 0.15) is 22.8 Å². The van der Waals surface area contributed by atoms with E-state index in [1.165, 1.54) is 10.5 Å². The fourth-order valence-electron chi connectivity index (χ4n) is 2.60. The van der Waals surface area contributed by atoms with E-state index in [1.54, 1.807) is 11.8 Å². The second kappa shape index (κ2) is 8.02. The van der Waals surface area contributed by atoms with Crippen molar-refractivity contribution in [2.75, 3.05) is 13.2 Å². The van der Waals surface area contributed by atoms with Gasteiger partial charge in [-0.15, -0.1) is 11.8 Å². The van der Waals surface area contributed by atoms with Crippen LogP contribution < -0.4 is 0 Å². The van der Waals surface area contributed by atoms with Gasteiger partial charge in [0.05, 0.1) is 6.54 Å². The Bertz CT molecular complexity index is 690. The van der Waals surface area contributed by atoms with Crippen LogP contribution in [0.3, 0.4) is 0 Å². The number of hydrogen-bond acceptors (Lipinski definition) is 4. The molecule has 1 aliphatic heterocycles. The average molecular weight is 341 g/mol. The molecule has 0 saturated carbocycles. The molecule has 0 bridgehead atoms. The Morgan fingerprint density at radius 1 is 1.08 bits per heavy atom. The Morgan fingerprint density at radius 3 is 2.38 bits per heavy atom. The van der Waals surface area contributed by atoms with Crippen LogP contribution in [0, 0.1) is 0 Å². The predicted molar refractivity (Wildman–Crippen MR) is 94.6 cm³/mol. The predicted octanol–water partition coefficient (Wildman–Crippen LogP) is 4.03. The first-order chi connectivity index (χ1) is 11.7. The van der Waals surface area contributed by atoms with E-state index >= 15 is 0 Å². The maximum absolute atomic E-state index is 12.5. The lowest BCUT2D eigenvalue weighted by Gasteiger charge is -2.19. The third-order valence-electron chi connectivity index (χ3n) is 3.89. The smallest absolute Gasteiger partial charge is 0.416 e. The fraction of sp³-hybridized carbons (Fsp3) is 0.263. The van der Waals surface area contributed by atoms with Crippen molar-refractivity contribution in [2.45, 2.75) is 17.4 Å². The van der Waals surface area contributed by atoms with E-state index in [0.29, 0.717) is 6.54 Å². The normalized spacial score (nSPS) is 15.2. The number of thioether (sulfide) groups is 1. The van der Waals surface area contributed by atoms with Crippen molar-refractivity contribution < 1.29 is 14.3 Å². The van der Waals surface area contributed by atoms with Crippen molar-refractivity contribution in [1.29, 1.82) is 0 Å². The first kappa shape index (κ1) is 16.6. The van der Waals surface area contributed by atoms with Gasteiger partial charge >= 0.3 is 6.09 Å². The van der Waals surface area contributed by atoms with E-state index in [2.05, 4.69) is 12.1 Å². The summed E-state index contributed by atoms with van der Waals surface area (Å²) >= 11 is 1.72. The number of nitrogens with zero attached hydrogens (tertiary/aromatic N) is 1. The number of carbonyl (C=O) groups is 2. The molecule has 2 amide bonds. The number of carbonyl (C=O) groups excluding carboxylic acids is 2. The van der Waals surface area contributed by atoms with Gasteiger partial charge in [-0.25, -0.2) is 9.69 Å². The molecular weight excluding hydrogens is 322 g/mol. The molecule has 1 fully saturated rings. The summed E-state index contributed by atoms with van der Waals surface area (Å²) in [5, 5.41) is 0.00676. The molecule has 2 aromatic rings. The van der Waals surface area contributed by atoms with Gasteiger partial charge < -0.3 is 4.74 Å². The summed E-state index contributed by atoms with van der Waals surface area (Å²) in [5.74, 6) is 0.643. The van der Waals surface area contributed by atoms with Crippen LogP contribution in [0.2, 0.25) is 0 Å². The molecule has 1 atom stereocenters. The number of hydrogen-bond donors (Lipinski definition) is 0. The van der Waals surface area contributed by atoms with E-state index in [4.69, 9.17) is 4.74 Å². The molecule has 1 saturated heterocycles. The van der Waals surface area contributed by atoms with Gasteiger partial charge in [-0.3, -0.25) is 4.79 Å². The minimum atomic E-state index is -0.528. The van der Waals surface area contributed by atoms with E-state index in [1.807, 2.05) is 48.5 Å². The molecule has 0 aromatic heterocycles. The molecule has 0 unspecified atom stereocenters. The lowest BCUT2D eigenvalue weighted by molar-refractivity contribution is -0.127. The van der Waals surface area contributed by atoms with E-state index < -0.39 is 6.09 Å². The van der Waals surface area contributed by atoms with Crippen LogP contribution in [-0.2, 0) is 15.3 Å². The van der Waals surface area contributed by atoms with Gasteiger partial charge in [0.1, 0.15) is 6.61 Å². The Morgan fingerprint density at radius 2 is 1.75 bits per heavy atom. The first-order valence-corrected chi connectivity index (χ1v) is 8.96. The molecule has 1 aliphatic rings. The maximum atomic E-state index is 12.5. The molecule has 4 nitrogen and oxygen atoms in total. The Kier molecular flexibility index (Phi) is 5.54. The highest BCUT2D eigenvalue weighted by atomic mass is 32.2. The minimum Gasteiger partial charge on any atom is -0.447 e. The van der Waals surface area contributed by atoms with E-state index in [-0.39, 0.29) is 24.2 Å². The van der Waals surface area contributed by atoms with Gasteiger partial charge in [-0.1, -0.05) is 60.7 Å². The molecular formula is C19H19NO3S. The molecule has 0 N–H and O–H groups in total. The zero-order valence-corrected chi connectivity index (χ0v) is 14.1. The summed E-state index contributed by atoms with van der Waals surface area (Å²) < 4.78 is 4.86. The monoisotopic (exact) mass is 341 g/mol. The van der Waals surface area contributed by atoms with Crippen molar-refractivity contribution in [3.63, 3.8) is 0 Å². The van der Waals surface area contributed by atoms with Crippen LogP contribution in [0.25, 0.3) is 0 Å². The van der Waals surface area contributed by atoms with Crippen molar-refractivity contribution in [3.05, 3.63) is 71.8 Å². The van der Waals surface area contributed by atoms with Crippen molar-refractivity contribution in [2.24, 2.45) is 0 Å². The highest BCUT2D eigenvalue weighted by Crippen LogP contribution is 2.35. The summed E-state index contributed by atoms with van der Waals surface area (Å²) in [6.45, 7) is 0.639. The van der Waals surface area contributed by atoms with Crippen molar-refractivity contribution in [3.8, 4) is 0 Å². The third-order valence-corrected chi connectivity index (χ3v) is 5.23. The Labute approximate surface area is 145 Å². The van der Waals surface area contributed by atoms with Crippen molar-refractivity contribution in [1.82, 2.24) is 4.90 Å². The van der Waals surface area contributed by atoms with Crippen LogP contribution >= 0.6 is 11.8 Å². The topological polar surface area (TPSA) is 46.6 Å². The molecule has 2 aromatic carbocycles. The number of benzene rings is 2. The SMILES string of the molecule is O=C(C[C@H](SCc1ccccc1)c1ccccc1)N1CCOC1=O. The molecule has 1 heterocycles. The van der Waals surface area contributed by atoms with E-state index in [9.17, 15) is 9.59 Å². The van der Waals surface area contributed by atoms with Gasteiger partial charge in [0.2, 0.25) is 5.91 Å². The van der Waals surface area contributed by atoms with Crippen molar-refractivity contribution >= 4 is 23.8 Å². The molecule has 24 heavy (non-hydrogen) atoms. The van der Waals surface area contributed by atoms with Gasteiger partial charge in [0.15, 0.2) is 0 Å². The largest absolute Gasteiger partial charge is 0.447 e.